The quantitative estimate of drug-likeness (QED) is 0.800. The molecule has 1 aliphatic carbocycles. The fourth-order valence-corrected chi connectivity index (χ4v) is 1.68. The highest BCUT2D eigenvalue weighted by atomic mass is 15.1. The van der Waals surface area contributed by atoms with Crippen LogP contribution in [0.25, 0.3) is 0 Å². The van der Waals surface area contributed by atoms with Crippen LogP contribution >= 0.6 is 0 Å². The lowest BCUT2D eigenvalue weighted by Crippen LogP contribution is -2.10. The van der Waals surface area contributed by atoms with Crippen LogP contribution in [0.2, 0.25) is 0 Å². The second-order valence-electron chi connectivity index (χ2n) is 5.10. The van der Waals surface area contributed by atoms with E-state index in [1.165, 1.54) is 6.42 Å². The van der Waals surface area contributed by atoms with E-state index >= 15 is 0 Å². The molecule has 4 heteroatoms. The molecule has 1 aliphatic rings. The molecule has 16 heavy (non-hydrogen) atoms. The highest BCUT2D eigenvalue weighted by Crippen LogP contribution is 2.46. The first-order valence-electron chi connectivity index (χ1n) is 5.94. The largest absolute Gasteiger partial charge is 0.370 e. The molecule has 0 saturated heterocycles. The molecule has 0 aliphatic heterocycles. The Kier molecular flexibility index (Phi) is 2.99. The summed E-state index contributed by atoms with van der Waals surface area (Å²) in [5, 5.41) is 6.69. The molecule has 0 amide bonds. The van der Waals surface area contributed by atoms with Gasteiger partial charge in [0.2, 0.25) is 0 Å². The maximum absolute atomic E-state index is 4.23. The van der Waals surface area contributed by atoms with Crippen molar-refractivity contribution in [2.45, 2.75) is 39.7 Å². The molecule has 4 nitrogen and oxygen atoms in total. The Hall–Kier alpha value is -1.32. The Morgan fingerprint density at radius 2 is 2.06 bits per heavy atom. The minimum absolute atomic E-state index is 0.419. The van der Waals surface area contributed by atoms with E-state index in [1.807, 2.05) is 6.07 Å². The summed E-state index contributed by atoms with van der Waals surface area (Å²) in [6, 6.07) is 2.53. The highest BCUT2D eigenvalue weighted by Gasteiger charge is 2.45. The normalized spacial score (nSPS) is 21.6. The summed E-state index contributed by atoms with van der Waals surface area (Å²) >= 11 is 0. The Labute approximate surface area is 96.9 Å². The van der Waals surface area contributed by atoms with E-state index in [0.717, 1.165) is 24.6 Å². The lowest BCUT2D eigenvalue weighted by molar-refractivity contribution is 0.630. The second-order valence-corrected chi connectivity index (χ2v) is 5.10. The fraction of sp³-hybridized carbons (Fsp3) is 0.667. The molecule has 0 spiro atoms. The van der Waals surface area contributed by atoms with Crippen LogP contribution in [0.5, 0.6) is 0 Å². The van der Waals surface area contributed by atoms with Gasteiger partial charge < -0.3 is 10.6 Å². The molecular formula is C12H20N4. The van der Waals surface area contributed by atoms with Crippen LogP contribution in [0, 0.1) is 5.41 Å². The second kappa shape index (κ2) is 4.28. The summed E-state index contributed by atoms with van der Waals surface area (Å²) in [4.78, 5) is 8.41. The zero-order valence-corrected chi connectivity index (χ0v) is 10.2. The molecule has 2 rings (SSSR count). The van der Waals surface area contributed by atoms with Crippen LogP contribution in [-0.2, 0) is 0 Å². The first-order chi connectivity index (χ1) is 7.62. The van der Waals surface area contributed by atoms with Gasteiger partial charge in [-0.15, -0.1) is 0 Å². The number of aromatic nitrogens is 2. The molecule has 1 aromatic heterocycles. The van der Waals surface area contributed by atoms with Gasteiger partial charge in [-0.2, -0.15) is 0 Å². The van der Waals surface area contributed by atoms with Crippen molar-refractivity contribution >= 4 is 11.6 Å². The van der Waals surface area contributed by atoms with Gasteiger partial charge in [0.25, 0.3) is 0 Å². The molecule has 1 unspecified atom stereocenters. The predicted molar refractivity (Wildman–Crippen MR) is 66.6 cm³/mol. The van der Waals surface area contributed by atoms with Gasteiger partial charge in [-0.25, -0.2) is 9.97 Å². The number of nitrogens with zero attached hydrogens (tertiary/aromatic N) is 2. The predicted octanol–water partition coefficient (Wildman–Crippen LogP) is 2.51. The summed E-state index contributed by atoms with van der Waals surface area (Å²) in [6.07, 6.45) is 3.92. The van der Waals surface area contributed by atoms with Crippen LogP contribution in [0.3, 0.4) is 0 Å². The lowest BCUT2D eigenvalue weighted by Gasteiger charge is -2.09. The SMILES string of the molecule is CCCNc1cc(NC2CC2(C)C)ncn1. The number of hydrogen-bond donors (Lipinski definition) is 2. The average molecular weight is 220 g/mol. The van der Waals surface area contributed by atoms with Gasteiger partial charge in [-0.1, -0.05) is 20.8 Å². The van der Waals surface area contributed by atoms with Gasteiger partial charge in [-0.05, 0) is 18.3 Å². The van der Waals surface area contributed by atoms with Crippen LogP contribution in [0.4, 0.5) is 11.6 Å². The van der Waals surface area contributed by atoms with Gasteiger partial charge in [0.15, 0.2) is 0 Å². The maximum atomic E-state index is 4.23. The molecule has 1 saturated carbocycles. The first kappa shape index (κ1) is 11.2. The molecule has 2 N–H and O–H groups in total. The standard InChI is InChI=1S/C12H20N4/c1-4-5-13-10-6-11(15-8-14-10)16-9-7-12(9,2)3/h6,8-9H,4-5,7H2,1-3H3,(H2,13,14,15,16). The van der Waals surface area contributed by atoms with E-state index in [9.17, 15) is 0 Å². The Morgan fingerprint density at radius 3 is 2.69 bits per heavy atom. The number of nitrogens with one attached hydrogen (secondary N) is 2. The van der Waals surface area contributed by atoms with Crippen molar-refractivity contribution in [3.05, 3.63) is 12.4 Å². The van der Waals surface area contributed by atoms with Crippen molar-refractivity contribution in [3.63, 3.8) is 0 Å². The van der Waals surface area contributed by atoms with Crippen LogP contribution in [0.15, 0.2) is 12.4 Å². The average Bonchev–Trinajstić information content (AvgIpc) is 2.83. The van der Waals surface area contributed by atoms with Gasteiger partial charge in [0.05, 0.1) is 0 Å². The molecule has 0 bridgehead atoms. The number of anilines is 2. The zero-order chi connectivity index (χ0) is 11.6. The van der Waals surface area contributed by atoms with Gasteiger partial charge in [-0.3, -0.25) is 0 Å². The Bertz CT molecular complexity index is 362. The van der Waals surface area contributed by atoms with Crippen molar-refractivity contribution in [1.82, 2.24) is 9.97 Å². The molecule has 1 aromatic rings. The lowest BCUT2D eigenvalue weighted by atomic mass is 10.2. The smallest absolute Gasteiger partial charge is 0.131 e. The van der Waals surface area contributed by atoms with E-state index in [-0.39, 0.29) is 0 Å². The molecule has 1 atom stereocenters. The van der Waals surface area contributed by atoms with Crippen LogP contribution in [0.1, 0.15) is 33.6 Å². The number of hydrogen-bond acceptors (Lipinski definition) is 4. The molecule has 0 aromatic carbocycles. The van der Waals surface area contributed by atoms with Crippen molar-refractivity contribution < 1.29 is 0 Å². The minimum Gasteiger partial charge on any atom is -0.370 e. The van der Waals surface area contributed by atoms with E-state index in [2.05, 4.69) is 41.4 Å². The van der Waals surface area contributed by atoms with Crippen molar-refractivity contribution in [1.29, 1.82) is 0 Å². The van der Waals surface area contributed by atoms with E-state index < -0.39 is 0 Å². The summed E-state index contributed by atoms with van der Waals surface area (Å²) in [5.41, 5.74) is 0.419. The molecule has 0 radical (unpaired) electrons. The van der Waals surface area contributed by atoms with Crippen molar-refractivity contribution in [2.75, 3.05) is 17.2 Å². The Balaban J connectivity index is 1.94. The fourth-order valence-electron chi connectivity index (χ4n) is 1.68. The van der Waals surface area contributed by atoms with E-state index in [1.54, 1.807) is 6.33 Å². The molecule has 1 heterocycles. The monoisotopic (exact) mass is 220 g/mol. The van der Waals surface area contributed by atoms with Crippen molar-refractivity contribution in [2.24, 2.45) is 5.41 Å². The Morgan fingerprint density at radius 1 is 1.38 bits per heavy atom. The topological polar surface area (TPSA) is 49.8 Å². The summed E-state index contributed by atoms with van der Waals surface area (Å²) < 4.78 is 0. The third-order valence-electron chi connectivity index (χ3n) is 3.06. The van der Waals surface area contributed by atoms with Gasteiger partial charge in [0.1, 0.15) is 18.0 Å². The zero-order valence-electron chi connectivity index (χ0n) is 10.2. The molecule has 88 valence electrons. The third kappa shape index (κ3) is 2.62. The van der Waals surface area contributed by atoms with Crippen LogP contribution < -0.4 is 10.6 Å². The minimum atomic E-state index is 0.419. The van der Waals surface area contributed by atoms with Crippen molar-refractivity contribution in [3.8, 4) is 0 Å². The van der Waals surface area contributed by atoms with Gasteiger partial charge >= 0.3 is 0 Å². The summed E-state index contributed by atoms with van der Waals surface area (Å²) in [7, 11) is 0. The maximum Gasteiger partial charge on any atom is 0.131 e. The van der Waals surface area contributed by atoms with Gasteiger partial charge in [0, 0.05) is 18.7 Å². The molecule has 1 fully saturated rings. The summed E-state index contributed by atoms with van der Waals surface area (Å²) in [5.74, 6) is 1.82. The van der Waals surface area contributed by atoms with E-state index in [4.69, 9.17) is 0 Å². The molecular weight excluding hydrogens is 200 g/mol. The number of rotatable bonds is 5. The third-order valence-corrected chi connectivity index (χ3v) is 3.06. The summed E-state index contributed by atoms with van der Waals surface area (Å²) in [6.45, 7) is 7.62. The van der Waals surface area contributed by atoms with Crippen LogP contribution in [-0.4, -0.2) is 22.6 Å². The first-order valence-corrected chi connectivity index (χ1v) is 5.94. The van der Waals surface area contributed by atoms with E-state index in [0.29, 0.717) is 11.5 Å². The highest BCUT2D eigenvalue weighted by molar-refractivity contribution is 5.48.